The Bertz CT molecular complexity index is 1120. The summed E-state index contributed by atoms with van der Waals surface area (Å²) < 4.78 is 0. The molecule has 3 aliphatic rings. The van der Waals surface area contributed by atoms with Crippen molar-refractivity contribution in [2.24, 2.45) is 0 Å². The van der Waals surface area contributed by atoms with E-state index in [0.29, 0.717) is 24.6 Å². The first-order valence-corrected chi connectivity index (χ1v) is 12.3. The lowest BCUT2D eigenvalue weighted by molar-refractivity contribution is -0.136. The molecule has 0 aliphatic carbocycles. The second-order valence-corrected chi connectivity index (χ2v) is 9.91. The zero-order valence-corrected chi connectivity index (χ0v) is 19.8. The molecule has 0 bridgehead atoms. The summed E-state index contributed by atoms with van der Waals surface area (Å²) in [6.45, 7) is 4.11. The molecular formula is C26H29ClN4O3. The van der Waals surface area contributed by atoms with Crippen LogP contribution >= 0.6 is 11.6 Å². The Labute approximate surface area is 204 Å². The van der Waals surface area contributed by atoms with Crippen LogP contribution in [0.25, 0.3) is 0 Å². The van der Waals surface area contributed by atoms with Crippen LogP contribution in [0.2, 0.25) is 5.02 Å². The van der Waals surface area contributed by atoms with E-state index in [2.05, 4.69) is 27.7 Å². The number of carbonyl (C=O) groups excluding carboxylic acids is 3. The highest BCUT2D eigenvalue weighted by Crippen LogP contribution is 2.28. The van der Waals surface area contributed by atoms with Crippen LogP contribution in [-0.4, -0.2) is 52.7 Å². The molecule has 2 saturated heterocycles. The lowest BCUT2D eigenvalue weighted by atomic mass is 10.0. The van der Waals surface area contributed by atoms with Crippen molar-refractivity contribution in [3.63, 3.8) is 0 Å². The van der Waals surface area contributed by atoms with E-state index in [9.17, 15) is 14.4 Å². The van der Waals surface area contributed by atoms with Gasteiger partial charge in [-0.1, -0.05) is 35.9 Å². The number of rotatable bonds is 6. The molecule has 34 heavy (non-hydrogen) atoms. The zero-order chi connectivity index (χ0) is 23.7. The smallest absolute Gasteiger partial charge is 0.255 e. The first-order chi connectivity index (χ1) is 16.5. The topological polar surface area (TPSA) is 81.8 Å². The number of nitrogens with zero attached hydrogens (tertiary/aromatic N) is 2. The number of benzene rings is 2. The van der Waals surface area contributed by atoms with Gasteiger partial charge in [-0.25, -0.2) is 0 Å². The fourth-order valence-electron chi connectivity index (χ4n) is 5.26. The Kier molecular flexibility index (Phi) is 6.68. The van der Waals surface area contributed by atoms with Crippen molar-refractivity contribution in [3.8, 4) is 0 Å². The van der Waals surface area contributed by atoms with Crippen molar-refractivity contribution in [2.75, 3.05) is 13.1 Å². The van der Waals surface area contributed by atoms with E-state index < -0.39 is 6.04 Å². The molecule has 2 N–H and O–H groups in total. The molecule has 0 aromatic heterocycles. The monoisotopic (exact) mass is 480 g/mol. The van der Waals surface area contributed by atoms with Gasteiger partial charge in [0.25, 0.3) is 5.91 Å². The van der Waals surface area contributed by atoms with Crippen molar-refractivity contribution in [3.05, 3.63) is 69.7 Å². The number of likely N-dealkylation sites (tertiary alicyclic amines) is 1. The molecule has 7 nitrogen and oxygen atoms in total. The SMILES string of the molecule is O=C1CCC(N2Cc3cc(CN[C@@H]4CCCN(Cc5cccc(Cl)c5)C4)ccc3C2=O)C(=O)N1. The molecule has 3 amide bonds. The third-order valence-electron chi connectivity index (χ3n) is 6.98. The summed E-state index contributed by atoms with van der Waals surface area (Å²) >= 11 is 6.14. The molecule has 3 aliphatic heterocycles. The third kappa shape index (κ3) is 5.02. The van der Waals surface area contributed by atoms with Gasteiger partial charge in [-0.05, 0) is 60.7 Å². The first kappa shape index (κ1) is 23.0. The van der Waals surface area contributed by atoms with Crippen LogP contribution in [0, 0.1) is 0 Å². The normalized spacial score (nSPS) is 23.2. The molecule has 0 spiro atoms. The van der Waals surface area contributed by atoms with E-state index in [0.717, 1.165) is 55.2 Å². The van der Waals surface area contributed by atoms with Gasteiger partial charge in [-0.15, -0.1) is 0 Å². The van der Waals surface area contributed by atoms with Gasteiger partial charge in [-0.3, -0.25) is 24.6 Å². The second-order valence-electron chi connectivity index (χ2n) is 9.48. The fraction of sp³-hybridized carbons (Fsp3) is 0.423. The maximum Gasteiger partial charge on any atom is 0.255 e. The molecule has 0 radical (unpaired) electrons. The number of fused-ring (bicyclic) bond motifs is 1. The molecule has 2 atom stereocenters. The Morgan fingerprint density at radius 2 is 1.94 bits per heavy atom. The van der Waals surface area contributed by atoms with E-state index in [1.807, 2.05) is 30.3 Å². The third-order valence-corrected chi connectivity index (χ3v) is 7.22. The maximum atomic E-state index is 12.9. The van der Waals surface area contributed by atoms with Crippen LogP contribution in [0.3, 0.4) is 0 Å². The van der Waals surface area contributed by atoms with Crippen LogP contribution in [0.15, 0.2) is 42.5 Å². The Balaban J connectivity index is 1.17. The summed E-state index contributed by atoms with van der Waals surface area (Å²) in [6.07, 6.45) is 2.93. The summed E-state index contributed by atoms with van der Waals surface area (Å²) in [7, 11) is 0. The first-order valence-electron chi connectivity index (χ1n) is 11.9. The molecule has 1 unspecified atom stereocenters. The number of halogens is 1. The maximum absolute atomic E-state index is 12.9. The number of amides is 3. The predicted octanol–water partition coefficient (Wildman–Crippen LogP) is 2.86. The average molecular weight is 481 g/mol. The van der Waals surface area contributed by atoms with Crippen LogP contribution in [0.5, 0.6) is 0 Å². The Hall–Kier alpha value is -2.74. The Morgan fingerprint density at radius 1 is 1.06 bits per heavy atom. The molecule has 2 fully saturated rings. The van der Waals surface area contributed by atoms with Crippen LogP contribution < -0.4 is 10.6 Å². The van der Waals surface area contributed by atoms with E-state index in [1.165, 1.54) is 5.56 Å². The lowest BCUT2D eigenvalue weighted by Gasteiger charge is -2.33. The number of piperidine rings is 2. The summed E-state index contributed by atoms with van der Waals surface area (Å²) in [6, 6.07) is 13.8. The minimum absolute atomic E-state index is 0.132. The van der Waals surface area contributed by atoms with Gasteiger partial charge in [0.2, 0.25) is 11.8 Å². The van der Waals surface area contributed by atoms with Gasteiger partial charge in [0, 0.05) is 49.2 Å². The quantitative estimate of drug-likeness (QED) is 0.621. The number of hydrogen-bond donors (Lipinski definition) is 2. The van der Waals surface area contributed by atoms with E-state index in [-0.39, 0.29) is 24.1 Å². The van der Waals surface area contributed by atoms with Gasteiger partial charge >= 0.3 is 0 Å². The highest BCUT2D eigenvalue weighted by Gasteiger charge is 2.39. The van der Waals surface area contributed by atoms with Gasteiger partial charge < -0.3 is 10.2 Å². The van der Waals surface area contributed by atoms with Crippen LogP contribution in [0.1, 0.15) is 52.7 Å². The van der Waals surface area contributed by atoms with Gasteiger partial charge in [0.1, 0.15) is 6.04 Å². The van der Waals surface area contributed by atoms with Gasteiger partial charge in [-0.2, -0.15) is 0 Å². The van der Waals surface area contributed by atoms with Crippen molar-refractivity contribution in [1.29, 1.82) is 0 Å². The molecular weight excluding hydrogens is 452 g/mol. The van der Waals surface area contributed by atoms with Crippen molar-refractivity contribution in [1.82, 2.24) is 20.4 Å². The molecule has 3 heterocycles. The largest absolute Gasteiger partial charge is 0.322 e. The molecule has 8 heteroatoms. The summed E-state index contributed by atoms with van der Waals surface area (Å²) in [5.74, 6) is -0.778. The number of hydrogen-bond acceptors (Lipinski definition) is 5. The summed E-state index contributed by atoms with van der Waals surface area (Å²) in [5, 5.41) is 6.81. The molecule has 0 saturated carbocycles. The molecule has 5 rings (SSSR count). The van der Waals surface area contributed by atoms with E-state index in [4.69, 9.17) is 11.6 Å². The second kappa shape index (κ2) is 9.86. The fourth-order valence-corrected chi connectivity index (χ4v) is 5.47. The summed E-state index contributed by atoms with van der Waals surface area (Å²) in [4.78, 5) is 40.6. The highest BCUT2D eigenvalue weighted by atomic mass is 35.5. The highest BCUT2D eigenvalue weighted by molar-refractivity contribution is 6.30. The minimum atomic E-state index is -0.577. The van der Waals surface area contributed by atoms with Gasteiger partial charge in [0.05, 0.1) is 0 Å². The molecule has 2 aromatic rings. The summed E-state index contributed by atoms with van der Waals surface area (Å²) in [5.41, 5.74) is 3.96. The number of nitrogens with one attached hydrogen (secondary N) is 2. The van der Waals surface area contributed by atoms with Crippen molar-refractivity contribution >= 4 is 29.3 Å². The van der Waals surface area contributed by atoms with Crippen LogP contribution in [0.4, 0.5) is 0 Å². The Morgan fingerprint density at radius 3 is 2.76 bits per heavy atom. The molecule has 2 aromatic carbocycles. The standard InChI is InChI=1S/C26H29ClN4O3/c27-20-4-1-3-18(12-20)14-30-10-2-5-21(16-30)28-13-17-6-7-22-19(11-17)15-31(26(22)34)23-8-9-24(32)29-25(23)33/h1,3-4,6-7,11-12,21,23,28H,2,5,8-10,13-16H2,(H,29,32,33)/t21-,23?/m1/s1. The average Bonchev–Trinajstić information content (AvgIpc) is 3.13. The minimum Gasteiger partial charge on any atom is -0.322 e. The van der Waals surface area contributed by atoms with E-state index in [1.54, 1.807) is 4.90 Å². The number of imide groups is 1. The molecule has 178 valence electrons. The predicted molar refractivity (Wildman–Crippen MR) is 129 cm³/mol. The lowest BCUT2D eigenvalue weighted by Crippen LogP contribution is -2.52. The van der Waals surface area contributed by atoms with Gasteiger partial charge in [0.15, 0.2) is 0 Å². The zero-order valence-electron chi connectivity index (χ0n) is 19.1. The van der Waals surface area contributed by atoms with Crippen molar-refractivity contribution < 1.29 is 14.4 Å². The van der Waals surface area contributed by atoms with E-state index >= 15 is 0 Å². The van der Waals surface area contributed by atoms with Crippen molar-refractivity contribution in [2.45, 2.75) is 57.4 Å². The number of carbonyl (C=O) groups is 3. The van der Waals surface area contributed by atoms with Crippen LogP contribution in [-0.2, 0) is 29.2 Å².